The number of carbonyl (C=O) groups excluding carboxylic acids is 4. The Hall–Kier alpha value is -3.51. The fourth-order valence-corrected chi connectivity index (χ4v) is 7.25. The first-order chi connectivity index (χ1) is 25.8. The number of nitrogens with one attached hydrogen (secondary N) is 5. The highest BCUT2D eigenvalue weighted by atomic mass is 32.1. The van der Waals surface area contributed by atoms with Crippen molar-refractivity contribution >= 4 is 45.1 Å². The number of benzene rings is 1. The van der Waals surface area contributed by atoms with Crippen LogP contribution in [0.1, 0.15) is 51.9 Å². The summed E-state index contributed by atoms with van der Waals surface area (Å²) in [5, 5.41) is 15.5. The fraction of sp³-hybridized carbons (Fsp3) is 0.649. The maximum absolute atomic E-state index is 14.1. The first kappa shape index (κ1) is 42.2. The molecular formula is C37H57N7O8S. The predicted molar refractivity (Wildman–Crippen MR) is 204 cm³/mol. The summed E-state index contributed by atoms with van der Waals surface area (Å²) in [7, 11) is 3.58. The quantitative estimate of drug-likeness (QED) is 0.105. The smallest absolute Gasteiger partial charge is 0.252 e. The molecule has 2 fully saturated rings. The molecule has 294 valence electrons. The minimum atomic E-state index is -0.708. The van der Waals surface area contributed by atoms with Gasteiger partial charge in [-0.15, -0.1) is 0 Å². The second-order valence-electron chi connectivity index (χ2n) is 13.2. The van der Waals surface area contributed by atoms with E-state index in [2.05, 4.69) is 31.6 Å². The van der Waals surface area contributed by atoms with Crippen molar-refractivity contribution < 1.29 is 38.1 Å². The number of amides is 4. The number of carbonyl (C=O) groups is 4. The Kier molecular flexibility index (Phi) is 18.6. The van der Waals surface area contributed by atoms with Crippen LogP contribution < -0.4 is 26.6 Å². The van der Waals surface area contributed by atoms with Crippen molar-refractivity contribution in [1.82, 2.24) is 25.8 Å². The highest BCUT2D eigenvalue weighted by Crippen LogP contribution is 2.37. The van der Waals surface area contributed by atoms with E-state index in [9.17, 15) is 19.2 Å². The Balaban J connectivity index is 1.32. The third kappa shape index (κ3) is 13.7. The molecule has 1 aromatic carbocycles. The summed E-state index contributed by atoms with van der Waals surface area (Å²) in [4.78, 5) is 60.0. The van der Waals surface area contributed by atoms with Crippen LogP contribution in [0.25, 0.3) is 11.3 Å². The largest absolute Gasteiger partial charge is 0.378 e. The van der Waals surface area contributed by atoms with Crippen LogP contribution >= 0.6 is 11.3 Å². The maximum atomic E-state index is 14.1. The topological polar surface area (TPSA) is 181 Å². The monoisotopic (exact) mass is 759 g/mol. The van der Waals surface area contributed by atoms with E-state index >= 15 is 0 Å². The van der Waals surface area contributed by atoms with Gasteiger partial charge in [-0.3, -0.25) is 24.5 Å². The Morgan fingerprint density at radius 1 is 0.849 bits per heavy atom. The summed E-state index contributed by atoms with van der Waals surface area (Å²) in [6, 6.07) is 7.51. The second-order valence-corrected chi connectivity index (χ2v) is 14.2. The lowest BCUT2D eigenvalue weighted by atomic mass is 9.83. The van der Waals surface area contributed by atoms with Crippen LogP contribution in [0.3, 0.4) is 0 Å². The zero-order chi connectivity index (χ0) is 37.8. The molecule has 2 aliphatic rings. The minimum absolute atomic E-state index is 0.0195. The standard InChI is InChI=1S/C37H57N7O8S/c1-26(39-3)33(46)41-32(28-13-8-5-9-14-28)36(48)44-17-10-15-29(44)34(47)43-35-31(27-11-6-4-7-12-27)42-37(53-35)40-30(45)25-52-24-23-51-22-21-50-20-19-49-18-16-38-2/h4,6-7,11-12,26,28-29,32,38-39H,5,8-10,13-25H2,1-3H3,(H,41,46)(H,43,47)(H,40,42,45)/t26-,29-,32?/m0/s1. The van der Waals surface area contributed by atoms with Crippen molar-refractivity contribution in [2.24, 2.45) is 5.92 Å². The Labute approximate surface area is 316 Å². The molecule has 0 spiro atoms. The third-order valence-electron chi connectivity index (χ3n) is 9.35. The van der Waals surface area contributed by atoms with Crippen LogP contribution in [-0.4, -0.2) is 132 Å². The number of hydrogen-bond donors (Lipinski definition) is 5. The van der Waals surface area contributed by atoms with Crippen molar-refractivity contribution in [3.8, 4) is 11.3 Å². The lowest BCUT2D eigenvalue weighted by molar-refractivity contribution is -0.142. The normalized spacial score (nSPS) is 17.3. The van der Waals surface area contributed by atoms with Gasteiger partial charge in [0.2, 0.25) is 17.7 Å². The predicted octanol–water partition coefficient (Wildman–Crippen LogP) is 2.64. The van der Waals surface area contributed by atoms with Gasteiger partial charge in [0.05, 0.1) is 52.3 Å². The lowest BCUT2D eigenvalue weighted by Gasteiger charge is -2.35. The summed E-state index contributed by atoms with van der Waals surface area (Å²) in [5.41, 5.74) is 1.26. The van der Waals surface area contributed by atoms with Gasteiger partial charge >= 0.3 is 0 Å². The van der Waals surface area contributed by atoms with E-state index in [-0.39, 0.29) is 36.9 Å². The molecule has 4 rings (SSSR count). The number of likely N-dealkylation sites (tertiary alicyclic amines) is 1. The zero-order valence-electron chi connectivity index (χ0n) is 31.3. The van der Waals surface area contributed by atoms with Crippen LogP contribution in [0.15, 0.2) is 30.3 Å². The van der Waals surface area contributed by atoms with Crippen LogP contribution in [0, 0.1) is 5.92 Å². The van der Waals surface area contributed by atoms with Crippen LogP contribution in [0.2, 0.25) is 0 Å². The Bertz CT molecular complexity index is 1430. The fourth-order valence-electron chi connectivity index (χ4n) is 6.34. The number of likely N-dealkylation sites (N-methyl/N-ethyl adjacent to an activating group) is 2. The number of rotatable bonds is 23. The molecule has 1 unspecified atom stereocenters. The molecule has 5 N–H and O–H groups in total. The number of ether oxygens (including phenoxy) is 4. The number of thiazole rings is 1. The third-order valence-corrected chi connectivity index (χ3v) is 10.2. The lowest BCUT2D eigenvalue weighted by Crippen LogP contribution is -2.57. The molecule has 1 saturated heterocycles. The molecule has 1 saturated carbocycles. The summed E-state index contributed by atoms with van der Waals surface area (Å²) < 4.78 is 21.8. The molecular weight excluding hydrogens is 703 g/mol. The first-order valence-electron chi connectivity index (χ1n) is 18.7. The average Bonchev–Trinajstić information content (AvgIpc) is 3.83. The summed E-state index contributed by atoms with van der Waals surface area (Å²) in [5.74, 6) is -1.16. The van der Waals surface area contributed by atoms with E-state index in [4.69, 9.17) is 18.9 Å². The van der Waals surface area contributed by atoms with Gasteiger partial charge in [0, 0.05) is 18.7 Å². The highest BCUT2D eigenvalue weighted by molar-refractivity contribution is 7.20. The average molecular weight is 760 g/mol. The van der Waals surface area contributed by atoms with E-state index in [1.807, 2.05) is 37.4 Å². The number of aromatic nitrogens is 1. The van der Waals surface area contributed by atoms with Gasteiger partial charge in [0.25, 0.3) is 5.91 Å². The van der Waals surface area contributed by atoms with Gasteiger partial charge in [-0.2, -0.15) is 0 Å². The molecule has 1 aliphatic heterocycles. The molecule has 1 aliphatic carbocycles. The van der Waals surface area contributed by atoms with Crippen LogP contribution in [-0.2, 0) is 38.1 Å². The molecule has 1 aromatic heterocycles. The Morgan fingerprint density at radius 2 is 1.51 bits per heavy atom. The van der Waals surface area contributed by atoms with E-state index in [1.54, 1.807) is 18.9 Å². The van der Waals surface area contributed by atoms with Crippen molar-refractivity contribution in [3.63, 3.8) is 0 Å². The Morgan fingerprint density at radius 3 is 2.17 bits per heavy atom. The number of hydrogen-bond acceptors (Lipinski definition) is 12. The molecule has 2 aromatic rings. The van der Waals surface area contributed by atoms with Crippen molar-refractivity contribution in [2.45, 2.75) is 70.0 Å². The van der Waals surface area contributed by atoms with Gasteiger partial charge in [0.15, 0.2) is 5.13 Å². The van der Waals surface area contributed by atoms with E-state index in [0.29, 0.717) is 74.9 Å². The van der Waals surface area contributed by atoms with Gasteiger partial charge in [-0.1, -0.05) is 60.9 Å². The van der Waals surface area contributed by atoms with Crippen LogP contribution in [0.5, 0.6) is 0 Å². The van der Waals surface area contributed by atoms with E-state index in [1.165, 1.54) is 0 Å². The summed E-state index contributed by atoms with van der Waals surface area (Å²) in [6.45, 7) is 5.83. The molecule has 0 radical (unpaired) electrons. The van der Waals surface area contributed by atoms with E-state index < -0.39 is 24.0 Å². The van der Waals surface area contributed by atoms with Crippen molar-refractivity contribution in [2.75, 3.05) is 90.7 Å². The minimum Gasteiger partial charge on any atom is -0.378 e. The molecule has 0 bridgehead atoms. The zero-order valence-corrected chi connectivity index (χ0v) is 32.1. The molecule has 2 heterocycles. The molecule has 15 nitrogen and oxygen atoms in total. The SMILES string of the molecule is CNCCOCCOCCOCCOCC(=O)Nc1nc(-c2ccccc2)c(NC(=O)[C@@H]2CCCN2C(=O)C(NC(=O)[C@H](C)NC)C2CCCCC2)s1. The van der Waals surface area contributed by atoms with Gasteiger partial charge in [0.1, 0.15) is 29.4 Å². The van der Waals surface area contributed by atoms with Crippen LogP contribution in [0.4, 0.5) is 10.1 Å². The number of nitrogens with zero attached hydrogens (tertiary/aromatic N) is 2. The maximum Gasteiger partial charge on any atom is 0.252 e. The number of anilines is 2. The second kappa shape index (κ2) is 23.3. The van der Waals surface area contributed by atoms with Gasteiger partial charge < -0.3 is 45.1 Å². The van der Waals surface area contributed by atoms with Crippen molar-refractivity contribution in [3.05, 3.63) is 30.3 Å². The van der Waals surface area contributed by atoms with Crippen molar-refractivity contribution in [1.29, 1.82) is 0 Å². The molecule has 16 heteroatoms. The first-order valence-corrected chi connectivity index (χ1v) is 19.5. The van der Waals surface area contributed by atoms with Gasteiger partial charge in [-0.25, -0.2) is 4.98 Å². The molecule has 3 atom stereocenters. The summed E-state index contributed by atoms with van der Waals surface area (Å²) in [6.07, 6.45) is 6.01. The summed E-state index contributed by atoms with van der Waals surface area (Å²) >= 11 is 1.14. The highest BCUT2D eigenvalue weighted by Gasteiger charge is 2.41. The molecule has 4 amide bonds. The molecule has 53 heavy (non-hydrogen) atoms. The van der Waals surface area contributed by atoms with Gasteiger partial charge in [-0.05, 0) is 52.6 Å². The van der Waals surface area contributed by atoms with E-state index in [0.717, 1.165) is 55.5 Å².